The lowest BCUT2D eigenvalue weighted by Gasteiger charge is -2.34. The van der Waals surface area contributed by atoms with Crippen molar-refractivity contribution in [1.82, 2.24) is 0 Å². The molecule has 4 nitrogen and oxygen atoms in total. The first kappa shape index (κ1) is 31.2. The van der Waals surface area contributed by atoms with Gasteiger partial charge in [0, 0.05) is 11.6 Å². The number of fused-ring (bicyclic) bond motifs is 7. The van der Waals surface area contributed by atoms with Crippen molar-refractivity contribution in [3.8, 4) is 22.6 Å². The molecule has 0 amide bonds. The zero-order chi connectivity index (χ0) is 35.4. The van der Waals surface area contributed by atoms with Gasteiger partial charge in [-0.15, -0.1) is 0 Å². The van der Waals surface area contributed by atoms with E-state index in [9.17, 15) is 9.59 Å². The van der Waals surface area contributed by atoms with Gasteiger partial charge in [0.2, 0.25) is 0 Å². The van der Waals surface area contributed by atoms with Crippen LogP contribution in [0.3, 0.4) is 0 Å². The van der Waals surface area contributed by atoms with Crippen molar-refractivity contribution in [3.05, 3.63) is 193 Å². The molecule has 1 aliphatic carbocycles. The minimum absolute atomic E-state index is 0.145. The molecule has 1 aliphatic rings. The molecule has 0 bridgehead atoms. The summed E-state index contributed by atoms with van der Waals surface area (Å²) in [6.45, 7) is 7.41. The van der Waals surface area contributed by atoms with Gasteiger partial charge in [-0.2, -0.15) is 0 Å². The van der Waals surface area contributed by atoms with Gasteiger partial charge in [-0.3, -0.25) is 4.79 Å². The average Bonchev–Trinajstić information content (AvgIpc) is 3.46. The fourth-order valence-corrected chi connectivity index (χ4v) is 7.92. The Kier molecular flexibility index (Phi) is 7.34. The lowest BCUT2D eigenvalue weighted by molar-refractivity contribution is -0.128. The van der Waals surface area contributed by atoms with E-state index >= 15 is 0 Å². The van der Waals surface area contributed by atoms with Crippen molar-refractivity contribution < 1.29 is 19.1 Å². The van der Waals surface area contributed by atoms with E-state index in [0.717, 1.165) is 39.0 Å². The van der Waals surface area contributed by atoms with Gasteiger partial charge in [0.25, 0.3) is 0 Å². The maximum absolute atomic E-state index is 12.0. The first-order valence-corrected chi connectivity index (χ1v) is 17.2. The number of esters is 1. The van der Waals surface area contributed by atoms with E-state index in [-0.39, 0.29) is 6.61 Å². The van der Waals surface area contributed by atoms with Crippen molar-refractivity contribution in [2.75, 3.05) is 6.61 Å². The summed E-state index contributed by atoms with van der Waals surface area (Å²) < 4.78 is 11.3. The molecule has 8 aromatic carbocycles. The molecule has 0 radical (unpaired) electrons. The van der Waals surface area contributed by atoms with Crippen LogP contribution in [0.5, 0.6) is 11.5 Å². The summed E-state index contributed by atoms with van der Waals surface area (Å²) in [4.78, 5) is 23.1. The van der Waals surface area contributed by atoms with Gasteiger partial charge in [-0.25, -0.2) is 4.79 Å². The number of aldehydes is 1. The second-order valence-corrected chi connectivity index (χ2v) is 13.4. The second kappa shape index (κ2) is 12.2. The number of hydrogen-bond donors (Lipinski definition) is 0. The van der Waals surface area contributed by atoms with Crippen LogP contribution in [0.1, 0.15) is 22.3 Å². The third-order valence-electron chi connectivity index (χ3n) is 10.3. The monoisotopic (exact) mass is 672 g/mol. The molecule has 0 saturated carbocycles. The van der Waals surface area contributed by atoms with Crippen LogP contribution in [-0.4, -0.2) is 18.9 Å². The van der Waals surface area contributed by atoms with E-state index < -0.39 is 11.4 Å². The average molecular weight is 673 g/mol. The molecule has 0 unspecified atom stereocenters. The normalized spacial score (nSPS) is 12.8. The van der Waals surface area contributed by atoms with Gasteiger partial charge in [-0.05, 0) is 137 Å². The number of carbonyl (C=O) groups is 2. The molecule has 0 aliphatic heterocycles. The molecule has 0 N–H and O–H groups in total. The standard InChI is InChI=1S/C48H32O4/c1-3-47(50)52-42-19-15-36-21-40(17-13-38(36)23-42)48(39-16-12-37-22-41(18-14-35(37)20-39)51-29-30(2)28-49)45-26-33-10-6-4-8-31(33)24-43(45)44-25-32-9-5-7-11-34(32)27-46(44)48/h3-28H,1-2,29H2. The molecule has 0 heterocycles. The van der Waals surface area contributed by atoms with E-state index in [1.807, 2.05) is 30.3 Å². The molecular weight excluding hydrogens is 641 g/mol. The van der Waals surface area contributed by atoms with Gasteiger partial charge < -0.3 is 9.47 Å². The Hall–Kier alpha value is -6.78. The minimum Gasteiger partial charge on any atom is -0.489 e. The van der Waals surface area contributed by atoms with Crippen LogP contribution >= 0.6 is 0 Å². The van der Waals surface area contributed by atoms with E-state index in [4.69, 9.17) is 9.47 Å². The first-order chi connectivity index (χ1) is 25.4. The highest BCUT2D eigenvalue weighted by molar-refractivity contribution is 6.01. The highest BCUT2D eigenvalue weighted by Crippen LogP contribution is 2.58. The zero-order valence-electron chi connectivity index (χ0n) is 28.3. The third kappa shape index (κ3) is 4.99. The van der Waals surface area contributed by atoms with E-state index in [0.29, 0.717) is 17.1 Å². The molecule has 0 fully saturated rings. The van der Waals surface area contributed by atoms with Crippen LogP contribution < -0.4 is 9.47 Å². The first-order valence-electron chi connectivity index (χ1n) is 17.2. The lowest BCUT2D eigenvalue weighted by Crippen LogP contribution is -2.28. The number of hydrogen-bond acceptors (Lipinski definition) is 4. The Labute approximate surface area is 300 Å². The summed E-state index contributed by atoms with van der Waals surface area (Å²) in [7, 11) is 0. The van der Waals surface area contributed by atoms with Crippen LogP contribution in [-0.2, 0) is 15.0 Å². The molecule has 0 atom stereocenters. The SMILES string of the molecule is C=CC(=O)Oc1ccc2cc(C3(c4ccc5cc(OCC(=C)C=O)ccc5c4)c4cc5ccccc5cc4-c4cc5ccccc5cc43)ccc2c1. The quantitative estimate of drug-likeness (QED) is 0.0698. The summed E-state index contributed by atoms with van der Waals surface area (Å²) in [5.74, 6) is 0.665. The van der Waals surface area contributed by atoms with Crippen molar-refractivity contribution in [2.45, 2.75) is 5.41 Å². The van der Waals surface area contributed by atoms with E-state index in [2.05, 4.69) is 128 Å². The maximum atomic E-state index is 12.0. The van der Waals surface area contributed by atoms with Gasteiger partial charge in [-0.1, -0.05) is 98.1 Å². The summed E-state index contributed by atoms with van der Waals surface area (Å²) in [6, 6.07) is 51.6. The molecule has 4 heteroatoms. The number of carbonyl (C=O) groups excluding carboxylic acids is 2. The number of ether oxygens (including phenoxy) is 2. The Bertz CT molecular complexity index is 2720. The molecule has 52 heavy (non-hydrogen) atoms. The van der Waals surface area contributed by atoms with Gasteiger partial charge in [0.05, 0.1) is 5.41 Å². The molecule has 8 aromatic rings. The summed E-state index contributed by atoms with van der Waals surface area (Å²) in [5.41, 5.74) is 6.86. The van der Waals surface area contributed by atoms with Crippen LogP contribution in [0.4, 0.5) is 0 Å². The minimum atomic E-state index is -0.675. The number of rotatable bonds is 8. The van der Waals surface area contributed by atoms with Crippen LogP contribution in [0.25, 0.3) is 54.2 Å². The summed E-state index contributed by atoms with van der Waals surface area (Å²) in [6.07, 6.45) is 1.89. The summed E-state index contributed by atoms with van der Waals surface area (Å²) >= 11 is 0. The fraction of sp³-hybridized carbons (Fsp3) is 0.0417. The lowest BCUT2D eigenvalue weighted by atomic mass is 9.66. The van der Waals surface area contributed by atoms with Gasteiger partial charge >= 0.3 is 5.97 Å². The van der Waals surface area contributed by atoms with Crippen LogP contribution in [0, 0.1) is 0 Å². The summed E-state index contributed by atoms with van der Waals surface area (Å²) in [5, 5.41) is 8.85. The van der Waals surface area contributed by atoms with Crippen molar-refractivity contribution in [1.29, 1.82) is 0 Å². The molecule has 0 spiro atoms. The van der Waals surface area contributed by atoms with Crippen molar-refractivity contribution in [3.63, 3.8) is 0 Å². The number of benzene rings is 8. The predicted octanol–water partition coefficient (Wildman–Crippen LogP) is 10.9. The molecule has 0 aromatic heterocycles. The van der Waals surface area contributed by atoms with Crippen LogP contribution in [0.2, 0.25) is 0 Å². The fourth-order valence-electron chi connectivity index (χ4n) is 7.92. The second-order valence-electron chi connectivity index (χ2n) is 13.4. The smallest absolute Gasteiger partial charge is 0.335 e. The molecule has 248 valence electrons. The highest BCUT2D eigenvalue weighted by atomic mass is 16.5. The Morgan fingerprint density at radius 1 is 0.558 bits per heavy atom. The Morgan fingerprint density at radius 2 is 1.00 bits per heavy atom. The predicted molar refractivity (Wildman–Crippen MR) is 210 cm³/mol. The third-order valence-corrected chi connectivity index (χ3v) is 10.3. The van der Waals surface area contributed by atoms with E-state index in [1.54, 1.807) is 0 Å². The van der Waals surface area contributed by atoms with Crippen molar-refractivity contribution >= 4 is 55.3 Å². The largest absolute Gasteiger partial charge is 0.489 e. The molecule has 0 saturated heterocycles. The van der Waals surface area contributed by atoms with Crippen molar-refractivity contribution in [2.24, 2.45) is 0 Å². The topological polar surface area (TPSA) is 52.6 Å². The van der Waals surface area contributed by atoms with Crippen LogP contribution in [0.15, 0.2) is 170 Å². The Balaban J connectivity index is 1.33. The molecular formula is C48H32O4. The molecule has 9 rings (SSSR count). The van der Waals surface area contributed by atoms with Gasteiger partial charge in [0.15, 0.2) is 0 Å². The van der Waals surface area contributed by atoms with Gasteiger partial charge in [0.1, 0.15) is 24.4 Å². The zero-order valence-corrected chi connectivity index (χ0v) is 28.3. The Morgan fingerprint density at radius 3 is 1.52 bits per heavy atom. The van der Waals surface area contributed by atoms with E-state index in [1.165, 1.54) is 49.9 Å². The maximum Gasteiger partial charge on any atom is 0.335 e. The highest BCUT2D eigenvalue weighted by Gasteiger charge is 2.46.